The average Bonchev–Trinajstić information content (AvgIpc) is 2.81. The SMILES string of the molecule is Cc1nn(C)c2ncc(S(=O)(=O)N3CCCC(C(=O)O)C3)cc12. The van der Waals surface area contributed by atoms with Crippen LogP contribution in [0.15, 0.2) is 17.2 Å². The largest absolute Gasteiger partial charge is 0.481 e. The number of nitrogens with zero attached hydrogens (tertiary/aromatic N) is 4. The Morgan fingerprint density at radius 3 is 2.87 bits per heavy atom. The Morgan fingerprint density at radius 2 is 2.17 bits per heavy atom. The van der Waals surface area contributed by atoms with Crippen molar-refractivity contribution >= 4 is 27.0 Å². The fourth-order valence-electron chi connectivity index (χ4n) is 2.94. The molecule has 0 radical (unpaired) electrons. The van der Waals surface area contributed by atoms with Crippen LogP contribution >= 0.6 is 0 Å². The van der Waals surface area contributed by atoms with E-state index in [1.165, 1.54) is 10.5 Å². The minimum atomic E-state index is -3.76. The Bertz CT molecular complexity index is 874. The quantitative estimate of drug-likeness (QED) is 0.886. The van der Waals surface area contributed by atoms with Gasteiger partial charge in [-0.1, -0.05) is 0 Å². The number of carboxylic acids is 1. The predicted octanol–water partition coefficient (Wildman–Crippen LogP) is 0.762. The molecular formula is C14H18N4O4S. The summed E-state index contributed by atoms with van der Waals surface area (Å²) in [5, 5.41) is 14.0. The summed E-state index contributed by atoms with van der Waals surface area (Å²) in [7, 11) is -2.01. The van der Waals surface area contributed by atoms with Crippen molar-refractivity contribution < 1.29 is 18.3 Å². The lowest BCUT2D eigenvalue weighted by atomic mass is 10.0. The first-order chi connectivity index (χ1) is 10.8. The number of sulfonamides is 1. The molecule has 0 aliphatic carbocycles. The van der Waals surface area contributed by atoms with E-state index in [1.807, 2.05) is 0 Å². The summed E-state index contributed by atoms with van der Waals surface area (Å²) in [5.74, 6) is -1.61. The van der Waals surface area contributed by atoms with Gasteiger partial charge in [0.1, 0.15) is 4.90 Å². The van der Waals surface area contributed by atoms with E-state index in [2.05, 4.69) is 10.1 Å². The van der Waals surface area contributed by atoms with Crippen molar-refractivity contribution in [1.82, 2.24) is 19.1 Å². The maximum atomic E-state index is 12.8. The minimum Gasteiger partial charge on any atom is -0.481 e. The van der Waals surface area contributed by atoms with Gasteiger partial charge in [-0.25, -0.2) is 13.4 Å². The van der Waals surface area contributed by atoms with Gasteiger partial charge in [0.2, 0.25) is 10.0 Å². The second kappa shape index (κ2) is 5.57. The van der Waals surface area contributed by atoms with Crippen LogP contribution in [-0.2, 0) is 21.9 Å². The zero-order valence-corrected chi connectivity index (χ0v) is 13.7. The molecular weight excluding hydrogens is 320 g/mol. The highest BCUT2D eigenvalue weighted by Crippen LogP contribution is 2.26. The van der Waals surface area contributed by atoms with E-state index in [9.17, 15) is 13.2 Å². The molecule has 3 rings (SSSR count). The highest BCUT2D eigenvalue weighted by Gasteiger charge is 2.33. The van der Waals surface area contributed by atoms with Crippen molar-refractivity contribution in [3.05, 3.63) is 18.0 Å². The number of hydrogen-bond acceptors (Lipinski definition) is 5. The van der Waals surface area contributed by atoms with Crippen molar-refractivity contribution in [2.75, 3.05) is 13.1 Å². The molecule has 0 saturated carbocycles. The summed E-state index contributed by atoms with van der Waals surface area (Å²) in [4.78, 5) is 15.4. The average molecular weight is 338 g/mol. The minimum absolute atomic E-state index is 0.00171. The first-order valence-corrected chi connectivity index (χ1v) is 8.77. The maximum Gasteiger partial charge on any atom is 0.307 e. The molecule has 0 bridgehead atoms. The van der Waals surface area contributed by atoms with E-state index in [0.717, 1.165) is 0 Å². The van der Waals surface area contributed by atoms with Crippen molar-refractivity contribution in [2.45, 2.75) is 24.7 Å². The number of pyridine rings is 1. The Morgan fingerprint density at radius 1 is 1.43 bits per heavy atom. The monoisotopic (exact) mass is 338 g/mol. The molecule has 2 aromatic heterocycles. The molecule has 0 amide bonds. The van der Waals surface area contributed by atoms with E-state index < -0.39 is 21.9 Å². The van der Waals surface area contributed by atoms with Gasteiger partial charge in [-0.15, -0.1) is 0 Å². The van der Waals surface area contributed by atoms with Crippen LogP contribution in [0.4, 0.5) is 0 Å². The van der Waals surface area contributed by atoms with Gasteiger partial charge in [-0.2, -0.15) is 9.40 Å². The van der Waals surface area contributed by atoms with Crippen molar-refractivity contribution in [3.8, 4) is 0 Å². The fourth-order valence-corrected chi connectivity index (χ4v) is 4.44. The van der Waals surface area contributed by atoms with Crippen LogP contribution in [0.3, 0.4) is 0 Å². The zero-order valence-electron chi connectivity index (χ0n) is 12.9. The molecule has 2 aromatic rings. The number of carbonyl (C=O) groups is 1. The molecule has 1 N–H and O–H groups in total. The van der Waals surface area contributed by atoms with Gasteiger partial charge in [-0.3, -0.25) is 9.48 Å². The standard InChI is InChI=1S/C14H18N4O4S/c1-9-12-6-11(7-15-13(12)17(2)16-9)23(21,22)18-5-3-4-10(8-18)14(19)20/h6-7,10H,3-5,8H2,1-2H3,(H,19,20). The maximum absolute atomic E-state index is 12.8. The third kappa shape index (κ3) is 2.70. The first kappa shape index (κ1) is 15.9. The molecule has 8 nitrogen and oxygen atoms in total. The molecule has 0 aromatic carbocycles. The highest BCUT2D eigenvalue weighted by molar-refractivity contribution is 7.89. The number of aliphatic carboxylic acids is 1. The molecule has 1 fully saturated rings. The molecule has 1 aliphatic heterocycles. The smallest absolute Gasteiger partial charge is 0.307 e. The van der Waals surface area contributed by atoms with E-state index in [-0.39, 0.29) is 11.4 Å². The summed E-state index contributed by atoms with van der Waals surface area (Å²) >= 11 is 0. The highest BCUT2D eigenvalue weighted by atomic mass is 32.2. The van der Waals surface area contributed by atoms with E-state index in [0.29, 0.717) is 36.1 Å². The van der Waals surface area contributed by atoms with E-state index >= 15 is 0 Å². The third-order valence-electron chi connectivity index (χ3n) is 4.21. The lowest BCUT2D eigenvalue weighted by Crippen LogP contribution is -2.42. The lowest BCUT2D eigenvalue weighted by Gasteiger charge is -2.29. The summed E-state index contributed by atoms with van der Waals surface area (Å²) in [5.41, 5.74) is 1.32. The predicted molar refractivity (Wildman–Crippen MR) is 82.4 cm³/mol. The van der Waals surface area contributed by atoms with E-state index in [1.54, 1.807) is 24.7 Å². The normalized spacial score (nSPS) is 20.0. The number of carboxylic acid groups (broad SMARTS) is 1. The lowest BCUT2D eigenvalue weighted by molar-refractivity contribution is -0.142. The molecule has 1 saturated heterocycles. The molecule has 1 aliphatic rings. The van der Waals surface area contributed by atoms with Gasteiger partial charge in [-0.05, 0) is 25.8 Å². The first-order valence-electron chi connectivity index (χ1n) is 7.33. The second-order valence-electron chi connectivity index (χ2n) is 5.79. The summed E-state index contributed by atoms with van der Waals surface area (Å²) in [6.07, 6.45) is 2.35. The van der Waals surface area contributed by atoms with Crippen LogP contribution < -0.4 is 0 Å². The summed E-state index contributed by atoms with van der Waals surface area (Å²) < 4.78 is 28.4. The second-order valence-corrected chi connectivity index (χ2v) is 7.73. The van der Waals surface area contributed by atoms with Gasteiger partial charge < -0.3 is 5.11 Å². The summed E-state index contributed by atoms with van der Waals surface area (Å²) in [6.45, 7) is 2.12. The number of piperidine rings is 1. The Balaban J connectivity index is 1.99. The Labute approximate surface area is 133 Å². The van der Waals surface area contributed by atoms with Gasteiger partial charge in [0.25, 0.3) is 0 Å². The van der Waals surface area contributed by atoms with Crippen molar-refractivity contribution in [3.63, 3.8) is 0 Å². The number of aromatic nitrogens is 3. The Hall–Kier alpha value is -2.00. The van der Waals surface area contributed by atoms with Gasteiger partial charge in [0.05, 0.1) is 11.6 Å². The van der Waals surface area contributed by atoms with Crippen LogP contribution in [0.2, 0.25) is 0 Å². The molecule has 3 heterocycles. The van der Waals surface area contributed by atoms with Gasteiger partial charge in [0, 0.05) is 31.7 Å². The Kier molecular flexibility index (Phi) is 3.85. The topological polar surface area (TPSA) is 105 Å². The van der Waals surface area contributed by atoms with Crippen LogP contribution in [0.25, 0.3) is 11.0 Å². The molecule has 1 atom stereocenters. The number of fused-ring (bicyclic) bond motifs is 1. The van der Waals surface area contributed by atoms with Crippen LogP contribution in [-0.4, -0.2) is 51.7 Å². The molecule has 9 heteroatoms. The van der Waals surface area contributed by atoms with Crippen LogP contribution in [0.5, 0.6) is 0 Å². The summed E-state index contributed by atoms with van der Waals surface area (Å²) in [6, 6.07) is 1.56. The number of rotatable bonds is 3. The third-order valence-corrected chi connectivity index (χ3v) is 6.04. The van der Waals surface area contributed by atoms with Crippen molar-refractivity contribution in [1.29, 1.82) is 0 Å². The molecule has 23 heavy (non-hydrogen) atoms. The fraction of sp³-hybridized carbons (Fsp3) is 0.500. The zero-order chi connectivity index (χ0) is 16.8. The molecule has 124 valence electrons. The number of hydrogen-bond donors (Lipinski definition) is 1. The molecule has 1 unspecified atom stereocenters. The van der Waals surface area contributed by atoms with Gasteiger partial charge in [0.15, 0.2) is 5.65 Å². The molecule has 0 spiro atoms. The van der Waals surface area contributed by atoms with Gasteiger partial charge >= 0.3 is 5.97 Å². The van der Waals surface area contributed by atoms with Crippen LogP contribution in [0, 0.1) is 12.8 Å². The number of aryl methyl sites for hydroxylation is 2. The van der Waals surface area contributed by atoms with E-state index in [4.69, 9.17) is 5.11 Å². The van der Waals surface area contributed by atoms with Crippen LogP contribution in [0.1, 0.15) is 18.5 Å². The van der Waals surface area contributed by atoms with Crippen molar-refractivity contribution in [2.24, 2.45) is 13.0 Å².